The first-order chi connectivity index (χ1) is 14.8. The highest BCUT2D eigenvalue weighted by Gasteiger charge is 2.38. The number of nitrogens with zero attached hydrogens (tertiary/aromatic N) is 1. The van der Waals surface area contributed by atoms with E-state index in [2.05, 4.69) is 19.2 Å². The highest BCUT2D eigenvalue weighted by molar-refractivity contribution is 7.89. The quantitative estimate of drug-likeness (QED) is 0.626. The van der Waals surface area contributed by atoms with Crippen molar-refractivity contribution >= 4 is 15.9 Å². The highest BCUT2D eigenvalue weighted by atomic mass is 32.2. The third-order valence-corrected chi connectivity index (χ3v) is 8.02. The molecular formula is C24H32N2O4S. The predicted molar refractivity (Wildman–Crippen MR) is 121 cm³/mol. The van der Waals surface area contributed by atoms with Crippen LogP contribution in [0, 0.1) is 0 Å². The maximum atomic E-state index is 12.7. The van der Waals surface area contributed by atoms with E-state index in [0.717, 1.165) is 30.6 Å². The molecule has 7 heteroatoms. The van der Waals surface area contributed by atoms with Crippen LogP contribution in [0.25, 0.3) is 0 Å². The van der Waals surface area contributed by atoms with Gasteiger partial charge in [0, 0.05) is 32.0 Å². The van der Waals surface area contributed by atoms with Gasteiger partial charge in [-0.15, -0.1) is 0 Å². The van der Waals surface area contributed by atoms with Gasteiger partial charge in [0.05, 0.1) is 10.9 Å². The van der Waals surface area contributed by atoms with Crippen LogP contribution in [0.5, 0.6) is 5.75 Å². The molecule has 31 heavy (non-hydrogen) atoms. The Balaban J connectivity index is 1.59. The molecule has 168 valence electrons. The number of sulfonamides is 1. The molecule has 1 N–H and O–H groups in total. The zero-order chi connectivity index (χ0) is 22.5. The fourth-order valence-corrected chi connectivity index (χ4v) is 5.28. The fraction of sp³-hybridized carbons (Fsp3) is 0.458. The Hall–Kier alpha value is -2.38. The van der Waals surface area contributed by atoms with E-state index < -0.39 is 10.0 Å². The van der Waals surface area contributed by atoms with Crippen molar-refractivity contribution in [3.05, 3.63) is 60.2 Å². The van der Waals surface area contributed by atoms with Gasteiger partial charge in [-0.25, -0.2) is 12.7 Å². The Kier molecular flexibility index (Phi) is 7.38. The Bertz CT molecular complexity index is 988. The third kappa shape index (κ3) is 5.28. The van der Waals surface area contributed by atoms with E-state index in [-0.39, 0.29) is 35.4 Å². The van der Waals surface area contributed by atoms with E-state index in [0.29, 0.717) is 6.42 Å². The highest BCUT2D eigenvalue weighted by Crippen LogP contribution is 2.42. The van der Waals surface area contributed by atoms with Gasteiger partial charge in [0.2, 0.25) is 15.9 Å². The van der Waals surface area contributed by atoms with Gasteiger partial charge in [-0.2, -0.15) is 0 Å². The maximum absolute atomic E-state index is 12.7. The van der Waals surface area contributed by atoms with Gasteiger partial charge in [0.15, 0.2) is 0 Å². The smallest absolute Gasteiger partial charge is 0.242 e. The van der Waals surface area contributed by atoms with Crippen molar-refractivity contribution in [3.63, 3.8) is 0 Å². The first-order valence-corrected chi connectivity index (χ1v) is 12.3. The Morgan fingerprint density at radius 2 is 1.74 bits per heavy atom. The van der Waals surface area contributed by atoms with Gasteiger partial charge in [0.1, 0.15) is 11.4 Å². The Morgan fingerprint density at radius 1 is 1.10 bits per heavy atom. The van der Waals surface area contributed by atoms with E-state index in [1.54, 1.807) is 37.4 Å². The standard InChI is InChI=1S/C24H32N2O4S/c1-4-24(5-2)18-21(20-14-9-10-15-22(20)30-24)25-23(27)16-11-17-26(3)31(28,29)19-12-7-6-8-13-19/h6-10,12-15,21H,4-5,11,16-18H2,1-3H3,(H,25,27)/t21-/m0/s1. The number of nitrogens with one attached hydrogen (secondary N) is 1. The molecule has 1 amide bonds. The summed E-state index contributed by atoms with van der Waals surface area (Å²) in [6.07, 6.45) is 3.18. The van der Waals surface area contributed by atoms with Crippen LogP contribution >= 0.6 is 0 Å². The van der Waals surface area contributed by atoms with Crippen molar-refractivity contribution in [3.8, 4) is 5.75 Å². The van der Waals surface area contributed by atoms with Crippen molar-refractivity contribution in [1.82, 2.24) is 9.62 Å². The predicted octanol–water partition coefficient (Wildman–Crippen LogP) is 4.29. The van der Waals surface area contributed by atoms with Gasteiger partial charge in [0.25, 0.3) is 0 Å². The molecule has 0 bridgehead atoms. The number of hydrogen-bond donors (Lipinski definition) is 1. The summed E-state index contributed by atoms with van der Waals surface area (Å²) in [5.74, 6) is 0.754. The lowest BCUT2D eigenvalue weighted by Gasteiger charge is -2.41. The molecule has 0 fully saturated rings. The van der Waals surface area contributed by atoms with E-state index in [9.17, 15) is 13.2 Å². The summed E-state index contributed by atoms with van der Waals surface area (Å²) in [7, 11) is -1.99. The van der Waals surface area contributed by atoms with Crippen LogP contribution in [-0.2, 0) is 14.8 Å². The number of carbonyl (C=O) groups is 1. The number of benzene rings is 2. The molecule has 2 aromatic rings. The van der Waals surface area contributed by atoms with Gasteiger partial charge in [-0.3, -0.25) is 4.79 Å². The van der Waals surface area contributed by atoms with Crippen molar-refractivity contribution in [2.75, 3.05) is 13.6 Å². The summed E-state index contributed by atoms with van der Waals surface area (Å²) in [5.41, 5.74) is 0.716. The number of rotatable bonds is 9. The molecule has 1 heterocycles. The van der Waals surface area contributed by atoms with Crippen molar-refractivity contribution in [2.45, 2.75) is 62.5 Å². The summed E-state index contributed by atoms with van der Waals surface area (Å²) in [6.45, 7) is 4.50. The van der Waals surface area contributed by atoms with Crippen molar-refractivity contribution < 1.29 is 17.9 Å². The average Bonchev–Trinajstić information content (AvgIpc) is 2.79. The third-order valence-electron chi connectivity index (χ3n) is 6.15. The van der Waals surface area contributed by atoms with Crippen molar-refractivity contribution in [2.24, 2.45) is 0 Å². The van der Waals surface area contributed by atoms with Gasteiger partial charge in [-0.05, 0) is 37.5 Å². The molecule has 0 saturated carbocycles. The van der Waals surface area contributed by atoms with Gasteiger partial charge < -0.3 is 10.1 Å². The van der Waals surface area contributed by atoms with Crippen LogP contribution in [0.4, 0.5) is 0 Å². The molecule has 2 aromatic carbocycles. The second kappa shape index (κ2) is 9.83. The Morgan fingerprint density at radius 3 is 2.42 bits per heavy atom. The summed E-state index contributed by atoms with van der Waals surface area (Å²) < 4.78 is 32.8. The molecule has 3 rings (SSSR count). The number of fused-ring (bicyclic) bond motifs is 1. The van der Waals surface area contributed by atoms with Crippen LogP contribution in [-0.4, -0.2) is 37.8 Å². The van der Waals surface area contributed by atoms with E-state index in [4.69, 9.17) is 4.74 Å². The minimum absolute atomic E-state index is 0.0756. The summed E-state index contributed by atoms with van der Waals surface area (Å²) in [6, 6.07) is 16.1. The molecule has 1 atom stereocenters. The van der Waals surface area contributed by atoms with E-state index in [1.165, 1.54) is 4.31 Å². The number of amides is 1. The van der Waals surface area contributed by atoms with Gasteiger partial charge in [-0.1, -0.05) is 50.2 Å². The van der Waals surface area contributed by atoms with Crippen LogP contribution in [0.2, 0.25) is 0 Å². The summed E-state index contributed by atoms with van der Waals surface area (Å²) in [5, 5.41) is 3.16. The van der Waals surface area contributed by atoms with Crippen LogP contribution in [0.1, 0.15) is 57.6 Å². The zero-order valence-corrected chi connectivity index (χ0v) is 19.3. The number of hydrogen-bond acceptors (Lipinski definition) is 4. The zero-order valence-electron chi connectivity index (χ0n) is 18.5. The number of ether oxygens (including phenoxy) is 1. The van der Waals surface area contributed by atoms with Crippen LogP contribution in [0.3, 0.4) is 0 Å². The lowest BCUT2D eigenvalue weighted by molar-refractivity contribution is -0.122. The molecule has 0 unspecified atom stereocenters. The first-order valence-electron chi connectivity index (χ1n) is 10.9. The molecule has 6 nitrogen and oxygen atoms in total. The summed E-state index contributed by atoms with van der Waals surface area (Å²) in [4.78, 5) is 13.0. The second-order valence-electron chi connectivity index (χ2n) is 8.10. The largest absolute Gasteiger partial charge is 0.487 e. The molecule has 0 radical (unpaired) electrons. The normalized spacial score (nSPS) is 17.6. The average molecular weight is 445 g/mol. The van der Waals surface area contributed by atoms with Crippen LogP contribution < -0.4 is 10.1 Å². The second-order valence-corrected chi connectivity index (χ2v) is 10.1. The lowest BCUT2D eigenvalue weighted by atomic mass is 9.83. The lowest BCUT2D eigenvalue weighted by Crippen LogP contribution is -2.44. The molecule has 1 aliphatic rings. The minimum Gasteiger partial charge on any atom is -0.487 e. The molecule has 0 spiro atoms. The topological polar surface area (TPSA) is 75.7 Å². The number of carbonyl (C=O) groups excluding carboxylic acids is 1. The Labute approximate surface area is 185 Å². The first kappa shape index (κ1) is 23.3. The monoisotopic (exact) mass is 444 g/mol. The van der Waals surface area contributed by atoms with Gasteiger partial charge >= 0.3 is 0 Å². The van der Waals surface area contributed by atoms with E-state index in [1.807, 2.05) is 24.3 Å². The summed E-state index contributed by atoms with van der Waals surface area (Å²) >= 11 is 0. The number of para-hydroxylation sites is 1. The molecule has 1 aliphatic heterocycles. The fourth-order valence-electron chi connectivity index (χ4n) is 4.05. The minimum atomic E-state index is -3.54. The van der Waals surface area contributed by atoms with E-state index >= 15 is 0 Å². The maximum Gasteiger partial charge on any atom is 0.242 e. The molecule has 0 aliphatic carbocycles. The van der Waals surface area contributed by atoms with Crippen LogP contribution in [0.15, 0.2) is 59.5 Å². The molecular weight excluding hydrogens is 412 g/mol. The van der Waals surface area contributed by atoms with Crippen molar-refractivity contribution in [1.29, 1.82) is 0 Å². The molecule has 0 saturated heterocycles. The SMILES string of the molecule is CCC1(CC)C[C@H](NC(=O)CCCN(C)S(=O)(=O)c2ccccc2)c2ccccc2O1. The molecule has 0 aromatic heterocycles.